The number of ether oxygens (including phenoxy) is 1. The van der Waals surface area contributed by atoms with E-state index < -0.39 is 0 Å². The lowest BCUT2D eigenvalue weighted by atomic mass is 10.1. The van der Waals surface area contributed by atoms with Gasteiger partial charge in [0, 0.05) is 30.3 Å². The van der Waals surface area contributed by atoms with E-state index in [1.54, 1.807) is 16.9 Å². The number of nitrogens with one attached hydrogen (secondary N) is 1. The van der Waals surface area contributed by atoms with Crippen LogP contribution in [0.4, 0.5) is 5.82 Å². The lowest BCUT2D eigenvalue weighted by Crippen LogP contribution is -2.39. The molecular formula is C23H27N5O4. The van der Waals surface area contributed by atoms with Crippen LogP contribution in [0.2, 0.25) is 0 Å². The molecule has 32 heavy (non-hydrogen) atoms. The number of rotatable bonds is 6. The normalized spacial score (nSPS) is 17.5. The van der Waals surface area contributed by atoms with Gasteiger partial charge in [-0.2, -0.15) is 0 Å². The van der Waals surface area contributed by atoms with Crippen LogP contribution in [0.5, 0.6) is 5.75 Å². The lowest BCUT2D eigenvalue weighted by Gasteiger charge is -2.25. The van der Waals surface area contributed by atoms with E-state index in [0.717, 1.165) is 29.7 Å². The number of aromatic nitrogens is 2. The van der Waals surface area contributed by atoms with Crippen LogP contribution in [0.25, 0.3) is 0 Å². The van der Waals surface area contributed by atoms with Gasteiger partial charge >= 0.3 is 0 Å². The zero-order chi connectivity index (χ0) is 22.8. The van der Waals surface area contributed by atoms with Crippen LogP contribution in [-0.2, 0) is 27.3 Å². The summed E-state index contributed by atoms with van der Waals surface area (Å²) in [4.78, 5) is 49.5. The van der Waals surface area contributed by atoms with E-state index in [1.165, 1.54) is 6.92 Å². The Kier molecular flexibility index (Phi) is 6.07. The van der Waals surface area contributed by atoms with E-state index in [-0.39, 0.29) is 36.7 Å². The number of nitrogens with zero attached hydrogens (tertiary/aromatic N) is 4. The molecule has 1 saturated heterocycles. The zero-order valence-corrected chi connectivity index (χ0v) is 18.6. The molecule has 0 saturated carbocycles. The summed E-state index contributed by atoms with van der Waals surface area (Å²) in [6, 6.07) is 7.32. The molecule has 1 aromatic carbocycles. The molecule has 1 atom stereocenters. The number of hydrogen-bond acceptors (Lipinski definition) is 6. The van der Waals surface area contributed by atoms with Crippen LogP contribution in [0.1, 0.15) is 48.5 Å². The molecule has 2 aromatic rings. The fourth-order valence-electron chi connectivity index (χ4n) is 4.35. The third kappa shape index (κ3) is 4.15. The quantitative estimate of drug-likeness (QED) is 0.737. The smallest absolute Gasteiger partial charge is 0.242 e. The summed E-state index contributed by atoms with van der Waals surface area (Å²) >= 11 is 0. The second kappa shape index (κ2) is 8.94. The molecule has 168 valence electrons. The molecule has 0 unspecified atom stereocenters. The standard InChI is InChI=1S/C23H27N5O4/c1-14-17-11-20(30)28(13-16-7-4-5-9-19(16)32-3)23(17)26-22(25-14)18-8-6-10-27(18)21(31)12-24-15(2)29/h4-5,7,9,18H,6,8,10-13H2,1-3H3,(H,24,29)/t18-/m0/s1. The van der Waals surface area contributed by atoms with Crippen LogP contribution in [0.3, 0.4) is 0 Å². The van der Waals surface area contributed by atoms with Crippen LogP contribution in [-0.4, -0.2) is 52.8 Å². The molecule has 3 amide bonds. The number of amides is 3. The average Bonchev–Trinajstić information content (AvgIpc) is 3.38. The molecule has 1 aromatic heterocycles. The maximum absolute atomic E-state index is 12.9. The van der Waals surface area contributed by atoms with Crippen LogP contribution in [0.15, 0.2) is 24.3 Å². The first-order chi connectivity index (χ1) is 15.4. The van der Waals surface area contributed by atoms with Gasteiger partial charge in [0.15, 0.2) is 5.82 Å². The van der Waals surface area contributed by atoms with Gasteiger partial charge in [-0.15, -0.1) is 0 Å². The summed E-state index contributed by atoms with van der Waals surface area (Å²) in [6.45, 7) is 4.15. The van der Waals surface area contributed by atoms with Crippen molar-refractivity contribution in [2.45, 2.75) is 45.7 Å². The van der Waals surface area contributed by atoms with Gasteiger partial charge in [-0.1, -0.05) is 18.2 Å². The van der Waals surface area contributed by atoms with Crippen molar-refractivity contribution in [3.8, 4) is 5.75 Å². The molecule has 2 aliphatic heterocycles. The first-order valence-electron chi connectivity index (χ1n) is 10.7. The van der Waals surface area contributed by atoms with Gasteiger partial charge in [-0.25, -0.2) is 9.97 Å². The van der Waals surface area contributed by atoms with E-state index >= 15 is 0 Å². The lowest BCUT2D eigenvalue weighted by molar-refractivity contribution is -0.133. The summed E-state index contributed by atoms with van der Waals surface area (Å²) in [5.74, 6) is 1.41. The number of carbonyl (C=O) groups is 3. The van der Waals surface area contributed by atoms with E-state index in [1.807, 2.05) is 31.2 Å². The number of hydrogen-bond donors (Lipinski definition) is 1. The highest BCUT2D eigenvalue weighted by atomic mass is 16.5. The predicted octanol–water partition coefficient (Wildman–Crippen LogP) is 1.68. The molecule has 3 heterocycles. The first kappa shape index (κ1) is 21.7. The van der Waals surface area contributed by atoms with Gasteiger partial charge in [0.05, 0.1) is 32.7 Å². The number of carbonyl (C=O) groups excluding carboxylic acids is 3. The Balaban J connectivity index is 1.63. The van der Waals surface area contributed by atoms with Gasteiger partial charge in [0.1, 0.15) is 11.6 Å². The molecule has 0 aliphatic carbocycles. The third-order valence-corrected chi connectivity index (χ3v) is 5.97. The molecule has 0 bridgehead atoms. The van der Waals surface area contributed by atoms with Gasteiger partial charge in [0.25, 0.3) is 0 Å². The van der Waals surface area contributed by atoms with Crippen molar-refractivity contribution < 1.29 is 19.1 Å². The maximum Gasteiger partial charge on any atom is 0.242 e. The van der Waals surface area contributed by atoms with Gasteiger partial charge in [-0.05, 0) is 25.8 Å². The highest BCUT2D eigenvalue weighted by molar-refractivity contribution is 6.00. The Labute approximate surface area is 186 Å². The summed E-state index contributed by atoms with van der Waals surface area (Å²) < 4.78 is 5.44. The summed E-state index contributed by atoms with van der Waals surface area (Å²) in [6.07, 6.45) is 1.83. The molecule has 4 rings (SSSR count). The largest absolute Gasteiger partial charge is 0.496 e. The first-order valence-corrected chi connectivity index (χ1v) is 10.7. The summed E-state index contributed by atoms with van der Waals surface area (Å²) in [5, 5.41) is 2.56. The van der Waals surface area contributed by atoms with E-state index in [0.29, 0.717) is 30.5 Å². The third-order valence-electron chi connectivity index (χ3n) is 5.97. The fourth-order valence-corrected chi connectivity index (χ4v) is 4.35. The van der Waals surface area contributed by atoms with Gasteiger partial charge < -0.3 is 15.0 Å². The van der Waals surface area contributed by atoms with Crippen molar-refractivity contribution in [1.29, 1.82) is 0 Å². The van der Waals surface area contributed by atoms with Crippen LogP contribution < -0.4 is 15.0 Å². The molecule has 0 radical (unpaired) electrons. The molecule has 1 N–H and O–H groups in total. The zero-order valence-electron chi connectivity index (χ0n) is 18.6. The van der Waals surface area contributed by atoms with Crippen molar-refractivity contribution in [2.24, 2.45) is 0 Å². The minimum atomic E-state index is -0.274. The highest BCUT2D eigenvalue weighted by Crippen LogP contribution is 2.36. The second-order valence-electron chi connectivity index (χ2n) is 8.09. The monoisotopic (exact) mass is 437 g/mol. The van der Waals surface area contributed by atoms with E-state index in [9.17, 15) is 14.4 Å². The number of likely N-dealkylation sites (tertiary alicyclic amines) is 1. The van der Waals surface area contributed by atoms with Crippen LogP contribution >= 0.6 is 0 Å². The molecule has 2 aliphatic rings. The Morgan fingerprint density at radius 1 is 1.25 bits per heavy atom. The number of benzene rings is 1. The maximum atomic E-state index is 12.9. The Morgan fingerprint density at radius 2 is 2.03 bits per heavy atom. The number of aryl methyl sites for hydroxylation is 1. The number of methoxy groups -OCH3 is 1. The van der Waals surface area contributed by atoms with E-state index in [4.69, 9.17) is 9.72 Å². The number of fused-ring (bicyclic) bond motifs is 1. The Morgan fingerprint density at radius 3 is 2.78 bits per heavy atom. The molecule has 0 spiro atoms. The van der Waals surface area contributed by atoms with Crippen molar-refractivity contribution in [3.63, 3.8) is 0 Å². The Hall–Kier alpha value is -3.49. The van der Waals surface area contributed by atoms with Gasteiger partial charge in [0.2, 0.25) is 17.7 Å². The molecule has 1 fully saturated rings. The topological polar surface area (TPSA) is 105 Å². The summed E-state index contributed by atoms with van der Waals surface area (Å²) in [7, 11) is 1.61. The van der Waals surface area contributed by atoms with Crippen molar-refractivity contribution in [3.05, 3.63) is 46.9 Å². The van der Waals surface area contributed by atoms with Crippen LogP contribution in [0, 0.1) is 6.92 Å². The second-order valence-corrected chi connectivity index (χ2v) is 8.09. The van der Waals surface area contributed by atoms with Crippen molar-refractivity contribution >= 4 is 23.5 Å². The number of anilines is 1. The summed E-state index contributed by atoms with van der Waals surface area (Å²) in [5.41, 5.74) is 2.46. The molecule has 9 heteroatoms. The van der Waals surface area contributed by atoms with Crippen molar-refractivity contribution in [2.75, 3.05) is 25.1 Å². The van der Waals surface area contributed by atoms with E-state index in [2.05, 4.69) is 10.3 Å². The number of para-hydroxylation sites is 1. The SMILES string of the molecule is COc1ccccc1CN1C(=O)Cc2c(C)nc([C@@H]3CCCN3C(=O)CNC(C)=O)nc21. The molecule has 9 nitrogen and oxygen atoms in total. The predicted molar refractivity (Wildman–Crippen MR) is 117 cm³/mol. The highest BCUT2D eigenvalue weighted by Gasteiger charge is 2.36. The minimum absolute atomic E-state index is 0.0366. The van der Waals surface area contributed by atoms with Gasteiger partial charge in [-0.3, -0.25) is 19.3 Å². The molecular weight excluding hydrogens is 410 g/mol. The average molecular weight is 438 g/mol. The minimum Gasteiger partial charge on any atom is -0.496 e. The fraction of sp³-hybridized carbons (Fsp3) is 0.435. The van der Waals surface area contributed by atoms with Crippen molar-refractivity contribution in [1.82, 2.24) is 20.2 Å². The Bertz CT molecular complexity index is 1070.